The molecule has 0 aliphatic carbocycles. The number of H-pyrrole nitrogens is 2. The van der Waals surface area contributed by atoms with Crippen LogP contribution in [0.15, 0.2) is 35.3 Å². The Labute approximate surface area is 193 Å². The predicted molar refractivity (Wildman–Crippen MR) is 122 cm³/mol. The van der Waals surface area contributed by atoms with Gasteiger partial charge in [0.05, 0.1) is 12.5 Å². The highest BCUT2D eigenvalue weighted by atomic mass is 16.6. The normalized spacial score (nSPS) is 11.4. The van der Waals surface area contributed by atoms with Crippen molar-refractivity contribution in [3.05, 3.63) is 57.5 Å². The first-order chi connectivity index (χ1) is 16.2. The second kappa shape index (κ2) is 12.1. The van der Waals surface area contributed by atoms with E-state index in [9.17, 15) is 19.2 Å². The van der Waals surface area contributed by atoms with Gasteiger partial charge < -0.3 is 36.1 Å². The smallest absolute Gasteiger partial charge is 0.326 e. The molecule has 13 nitrogen and oxygen atoms in total. The molecule has 3 rings (SSSR count). The number of aromatic amines is 2. The van der Waals surface area contributed by atoms with E-state index in [4.69, 9.17) is 15.9 Å². The zero-order valence-electron chi connectivity index (χ0n) is 18.3. The summed E-state index contributed by atoms with van der Waals surface area (Å²) in [5, 5.41) is 20.6. The number of aryl methyl sites for hydroxylation is 2. The van der Waals surface area contributed by atoms with Gasteiger partial charge in [0.15, 0.2) is 0 Å². The third-order valence-electron chi connectivity index (χ3n) is 4.80. The molecule has 182 valence electrons. The minimum atomic E-state index is -1.30. The van der Waals surface area contributed by atoms with Crippen LogP contribution >= 0.6 is 0 Å². The molecule has 1 aromatic carbocycles. The lowest BCUT2D eigenvalue weighted by molar-refractivity contribution is -0.140. The van der Waals surface area contributed by atoms with Crippen molar-refractivity contribution in [3.63, 3.8) is 0 Å². The lowest BCUT2D eigenvalue weighted by Gasteiger charge is -2.13. The molecule has 13 heteroatoms. The molecule has 0 aliphatic heterocycles. The van der Waals surface area contributed by atoms with E-state index in [1.807, 2.05) is 0 Å². The van der Waals surface area contributed by atoms with Crippen molar-refractivity contribution in [2.75, 3.05) is 12.8 Å². The summed E-state index contributed by atoms with van der Waals surface area (Å²) in [4.78, 5) is 59.4. The van der Waals surface area contributed by atoms with Crippen LogP contribution in [0.5, 0.6) is 0 Å². The van der Waals surface area contributed by atoms with Crippen LogP contribution in [0.25, 0.3) is 11.0 Å². The van der Waals surface area contributed by atoms with Gasteiger partial charge in [0, 0.05) is 18.2 Å². The van der Waals surface area contributed by atoms with E-state index in [2.05, 4.69) is 31.0 Å². The Balaban J connectivity index is 0.00000129. The summed E-state index contributed by atoms with van der Waals surface area (Å²) in [6, 6.07) is 5.30. The van der Waals surface area contributed by atoms with Gasteiger partial charge in [0.2, 0.25) is 5.95 Å². The fourth-order valence-corrected chi connectivity index (χ4v) is 3.19. The number of hydrogen-bond acceptors (Lipinski definition) is 8. The number of aliphatic carboxylic acids is 2. The quantitative estimate of drug-likeness (QED) is 0.208. The number of carboxylic acids is 2. The van der Waals surface area contributed by atoms with Gasteiger partial charge in [0.25, 0.3) is 11.5 Å². The predicted octanol–water partition coefficient (Wildman–Crippen LogP) is 0.173. The molecule has 0 unspecified atom stereocenters. The van der Waals surface area contributed by atoms with Crippen LogP contribution in [0.4, 0.5) is 5.95 Å². The van der Waals surface area contributed by atoms with Crippen LogP contribution in [0, 0.1) is 0 Å². The highest BCUT2D eigenvalue weighted by Crippen LogP contribution is 2.16. The Bertz CT molecular complexity index is 1200. The maximum absolute atomic E-state index is 12.3. The molecular formula is C21H26N6O7. The van der Waals surface area contributed by atoms with Crippen molar-refractivity contribution < 1.29 is 29.4 Å². The average Bonchev–Trinajstić information content (AvgIpc) is 3.18. The first kappa shape index (κ1) is 26.0. The molecule has 0 saturated heterocycles. The zero-order valence-corrected chi connectivity index (χ0v) is 18.3. The Morgan fingerprint density at radius 3 is 2.41 bits per heavy atom. The van der Waals surface area contributed by atoms with Crippen LogP contribution in [0.3, 0.4) is 0 Å². The molecule has 2 heterocycles. The van der Waals surface area contributed by atoms with Gasteiger partial charge in [-0.1, -0.05) is 12.1 Å². The summed E-state index contributed by atoms with van der Waals surface area (Å²) in [6.07, 6.45) is 2.29. The van der Waals surface area contributed by atoms with Crippen LogP contribution in [-0.4, -0.2) is 56.2 Å². The molecule has 0 bridgehead atoms. The molecular weight excluding hydrogens is 448 g/mol. The number of anilines is 1. The van der Waals surface area contributed by atoms with Crippen LogP contribution in [-0.2, 0) is 27.3 Å². The molecule has 1 amide bonds. The van der Waals surface area contributed by atoms with E-state index in [1.165, 1.54) is 7.11 Å². The molecule has 1 atom stereocenters. The van der Waals surface area contributed by atoms with Crippen LogP contribution < -0.4 is 22.5 Å². The molecule has 34 heavy (non-hydrogen) atoms. The average molecular weight is 474 g/mol. The Kier molecular flexibility index (Phi) is 9.28. The number of fused-ring (bicyclic) bond motifs is 1. The molecule has 0 fully saturated rings. The van der Waals surface area contributed by atoms with Gasteiger partial charge in [-0.15, -0.1) is 0 Å². The minimum absolute atomic E-state index is 0.0351. The minimum Gasteiger partial charge on any atom is -0.481 e. The summed E-state index contributed by atoms with van der Waals surface area (Å²) >= 11 is 0. The molecule has 0 spiro atoms. The van der Waals surface area contributed by atoms with Crippen molar-refractivity contribution in [2.45, 2.75) is 31.7 Å². The molecule has 2 aromatic heterocycles. The number of hydrogen-bond donors (Lipinski definition) is 7. The fourth-order valence-electron chi connectivity index (χ4n) is 3.19. The van der Waals surface area contributed by atoms with E-state index in [0.29, 0.717) is 23.9 Å². The molecule has 0 aliphatic rings. The second-order valence-corrected chi connectivity index (χ2v) is 7.22. The van der Waals surface area contributed by atoms with Crippen molar-refractivity contribution in [3.8, 4) is 0 Å². The number of nitrogen functional groups attached to an aromatic ring is 1. The SMILES string of the molecule is CON.Nc1nc(=O)c2c(CCc3ccc(C(=O)N[C@@H](CCC(=O)O)C(=O)O)cc3)c[nH]c2[nH]1. The zero-order chi connectivity index (χ0) is 25.3. The molecule has 9 N–H and O–H groups in total. The number of amides is 1. The number of nitrogens with two attached hydrogens (primary N) is 2. The number of aromatic nitrogens is 3. The van der Waals surface area contributed by atoms with Gasteiger partial charge in [-0.3, -0.25) is 14.4 Å². The van der Waals surface area contributed by atoms with Crippen molar-refractivity contribution >= 4 is 34.8 Å². The highest BCUT2D eigenvalue weighted by Gasteiger charge is 2.21. The Hall–Kier alpha value is -4.23. The number of nitrogens with zero attached hydrogens (tertiary/aromatic N) is 1. The van der Waals surface area contributed by atoms with Gasteiger partial charge in [-0.05, 0) is 42.5 Å². The largest absolute Gasteiger partial charge is 0.481 e. The van der Waals surface area contributed by atoms with Gasteiger partial charge in [0.1, 0.15) is 11.7 Å². The third-order valence-corrected chi connectivity index (χ3v) is 4.80. The lowest BCUT2D eigenvalue weighted by atomic mass is 10.0. The number of rotatable bonds is 9. The second-order valence-electron chi connectivity index (χ2n) is 7.22. The Morgan fingerprint density at radius 2 is 1.82 bits per heavy atom. The third kappa shape index (κ3) is 7.15. The number of nitrogens with one attached hydrogen (secondary N) is 3. The van der Waals surface area contributed by atoms with Crippen molar-refractivity contribution in [1.82, 2.24) is 20.3 Å². The van der Waals surface area contributed by atoms with Crippen LogP contribution in [0.1, 0.15) is 34.3 Å². The Morgan fingerprint density at radius 1 is 1.18 bits per heavy atom. The van der Waals surface area contributed by atoms with Gasteiger partial charge in [-0.25, -0.2) is 10.7 Å². The van der Waals surface area contributed by atoms with Crippen molar-refractivity contribution in [2.24, 2.45) is 5.90 Å². The number of carboxylic acid groups (broad SMARTS) is 2. The maximum atomic E-state index is 12.3. The molecule has 3 aromatic rings. The first-order valence-electron chi connectivity index (χ1n) is 10.1. The van der Waals surface area contributed by atoms with E-state index >= 15 is 0 Å². The fraction of sp³-hybridized carbons (Fsp3) is 0.286. The number of benzene rings is 1. The van der Waals surface area contributed by atoms with Crippen LogP contribution in [0.2, 0.25) is 0 Å². The summed E-state index contributed by atoms with van der Waals surface area (Å²) in [5.41, 5.74) is 7.59. The summed E-state index contributed by atoms with van der Waals surface area (Å²) < 4.78 is 0. The topological polar surface area (TPSA) is 227 Å². The van der Waals surface area contributed by atoms with E-state index < -0.39 is 29.4 Å². The lowest BCUT2D eigenvalue weighted by Crippen LogP contribution is -2.41. The number of carbonyl (C=O) groups is 3. The first-order valence-corrected chi connectivity index (χ1v) is 10.1. The monoisotopic (exact) mass is 474 g/mol. The summed E-state index contributed by atoms with van der Waals surface area (Å²) in [5.74, 6) is 1.35. The standard InChI is InChI=1S/C20H21N5O6.CH5NO/c21-20-24-16-15(18(29)25-20)12(9-22-16)6-3-10-1-4-11(5-2-10)17(28)23-13(19(30)31)7-8-14(26)27;1-3-2/h1-2,4-5,9,13H,3,6-8H2,(H,23,28)(H,26,27)(H,30,31)(H4,21,22,24,25,29);2H2,1H3/t13-;/m0./s1. The molecule has 0 saturated carbocycles. The maximum Gasteiger partial charge on any atom is 0.326 e. The summed E-state index contributed by atoms with van der Waals surface area (Å²) in [6.45, 7) is 0. The van der Waals surface area contributed by atoms with E-state index in [0.717, 1.165) is 11.1 Å². The van der Waals surface area contributed by atoms with Gasteiger partial charge in [-0.2, -0.15) is 4.98 Å². The van der Waals surface area contributed by atoms with E-state index in [-0.39, 0.29) is 24.4 Å². The van der Waals surface area contributed by atoms with Crippen molar-refractivity contribution in [1.29, 1.82) is 0 Å². The molecule has 0 radical (unpaired) electrons. The summed E-state index contributed by atoms with van der Waals surface area (Å²) in [7, 11) is 1.40. The van der Waals surface area contributed by atoms with Gasteiger partial charge >= 0.3 is 11.9 Å². The highest BCUT2D eigenvalue weighted by molar-refractivity contribution is 5.96. The number of carbonyl (C=O) groups excluding carboxylic acids is 1. The van der Waals surface area contributed by atoms with E-state index in [1.54, 1.807) is 30.5 Å².